The van der Waals surface area contributed by atoms with Crippen molar-refractivity contribution in [2.75, 3.05) is 0 Å². The topological polar surface area (TPSA) is 66.9 Å². The van der Waals surface area contributed by atoms with E-state index in [1.54, 1.807) is 22.2 Å². The molecule has 0 aromatic carbocycles. The van der Waals surface area contributed by atoms with E-state index < -0.39 is 0 Å². The van der Waals surface area contributed by atoms with Crippen molar-refractivity contribution in [3.05, 3.63) is 22.6 Å². The van der Waals surface area contributed by atoms with Crippen LogP contribution in [0.15, 0.2) is 6.33 Å². The molecule has 0 radical (unpaired) electrons. The van der Waals surface area contributed by atoms with Crippen LogP contribution in [0.3, 0.4) is 0 Å². The van der Waals surface area contributed by atoms with Gasteiger partial charge in [0.2, 0.25) is 0 Å². The fraction of sp³-hybridized carbons (Fsp3) is 0.385. The molecule has 1 aliphatic rings. The van der Waals surface area contributed by atoms with Crippen LogP contribution in [0.5, 0.6) is 0 Å². The minimum absolute atomic E-state index is 0.246. The molecular weight excluding hydrogens is 258 g/mol. The largest absolute Gasteiger partial charge is 0.225 e. The quantitative estimate of drug-likeness (QED) is 0.679. The Kier molecular flexibility index (Phi) is 2.29. The van der Waals surface area contributed by atoms with Gasteiger partial charge in [-0.25, -0.2) is 14.5 Å². The van der Waals surface area contributed by atoms with Gasteiger partial charge in [-0.2, -0.15) is 5.26 Å². The predicted molar refractivity (Wildman–Crippen MR) is 72.1 cm³/mol. The van der Waals surface area contributed by atoms with Crippen LogP contribution < -0.4 is 0 Å². The first-order valence-electron chi connectivity index (χ1n) is 6.38. The van der Waals surface area contributed by atoms with Crippen LogP contribution in [0, 0.1) is 11.3 Å². The van der Waals surface area contributed by atoms with E-state index in [0.717, 1.165) is 28.7 Å². The zero-order valence-electron chi connectivity index (χ0n) is 10.3. The minimum atomic E-state index is 0.246. The number of nitrogens with zero attached hydrogens (tertiary/aromatic N) is 5. The van der Waals surface area contributed by atoms with E-state index in [1.165, 1.54) is 23.3 Å². The third-order valence-electron chi connectivity index (χ3n) is 3.57. The van der Waals surface area contributed by atoms with Gasteiger partial charge < -0.3 is 0 Å². The highest BCUT2D eigenvalue weighted by Crippen LogP contribution is 2.36. The molecule has 0 saturated carbocycles. The van der Waals surface area contributed by atoms with Crippen LogP contribution in [-0.2, 0) is 19.3 Å². The lowest BCUT2D eigenvalue weighted by Crippen LogP contribution is -1.99. The van der Waals surface area contributed by atoms with Crippen molar-refractivity contribution in [3.63, 3.8) is 0 Å². The molecule has 3 aromatic rings. The fourth-order valence-corrected chi connectivity index (χ4v) is 3.97. The second-order valence-electron chi connectivity index (χ2n) is 4.77. The van der Waals surface area contributed by atoms with E-state index in [0.29, 0.717) is 5.82 Å². The Bertz CT molecular complexity index is 823. The summed E-state index contributed by atoms with van der Waals surface area (Å²) < 4.78 is 1.70. The molecule has 0 saturated heterocycles. The zero-order chi connectivity index (χ0) is 12.8. The molecule has 5 nitrogen and oxygen atoms in total. The predicted octanol–water partition coefficient (Wildman–Crippen LogP) is 2.28. The van der Waals surface area contributed by atoms with Gasteiger partial charge in [0.05, 0.1) is 17.9 Å². The first kappa shape index (κ1) is 10.9. The number of aryl methyl sites for hydroxylation is 2. The molecule has 3 heterocycles. The number of thiophene rings is 1. The van der Waals surface area contributed by atoms with Gasteiger partial charge >= 0.3 is 0 Å². The molecule has 1 aliphatic carbocycles. The van der Waals surface area contributed by atoms with Crippen LogP contribution in [-0.4, -0.2) is 19.6 Å². The van der Waals surface area contributed by atoms with E-state index in [2.05, 4.69) is 21.1 Å². The van der Waals surface area contributed by atoms with Crippen molar-refractivity contribution < 1.29 is 0 Å². The van der Waals surface area contributed by atoms with Gasteiger partial charge in [0.1, 0.15) is 11.2 Å². The molecule has 94 valence electrons. The van der Waals surface area contributed by atoms with Gasteiger partial charge in [-0.3, -0.25) is 0 Å². The molecule has 0 bridgehead atoms. The highest BCUT2D eigenvalue weighted by molar-refractivity contribution is 7.19. The SMILES string of the molecule is N#CCc1nc2c3c4c(sc3ncn2n1)CCCC4. The lowest BCUT2D eigenvalue weighted by atomic mass is 9.97. The summed E-state index contributed by atoms with van der Waals surface area (Å²) in [5.41, 5.74) is 2.26. The van der Waals surface area contributed by atoms with Crippen LogP contribution in [0.2, 0.25) is 0 Å². The summed E-state index contributed by atoms with van der Waals surface area (Å²) >= 11 is 1.78. The Balaban J connectivity index is 2.06. The zero-order valence-corrected chi connectivity index (χ0v) is 11.1. The second-order valence-corrected chi connectivity index (χ2v) is 5.85. The molecule has 0 N–H and O–H groups in total. The average molecular weight is 269 g/mol. The number of hydrogen-bond donors (Lipinski definition) is 0. The van der Waals surface area contributed by atoms with Crippen LogP contribution >= 0.6 is 11.3 Å². The van der Waals surface area contributed by atoms with E-state index >= 15 is 0 Å². The third kappa shape index (κ3) is 1.55. The standard InChI is InChI=1S/C13H11N5S/c14-6-5-10-16-12-11-8-3-1-2-4-9(8)19-13(11)15-7-18(12)17-10/h7H,1-5H2. The molecule has 0 aliphatic heterocycles. The summed E-state index contributed by atoms with van der Waals surface area (Å²) in [6, 6.07) is 2.09. The molecular formula is C13H11N5S. The molecule has 0 atom stereocenters. The number of hydrogen-bond acceptors (Lipinski definition) is 5. The summed E-state index contributed by atoms with van der Waals surface area (Å²) in [6.45, 7) is 0. The lowest BCUT2D eigenvalue weighted by molar-refractivity contribution is 0.700. The van der Waals surface area contributed by atoms with Crippen molar-refractivity contribution in [1.82, 2.24) is 19.6 Å². The van der Waals surface area contributed by atoms with Gasteiger partial charge in [0, 0.05) is 4.88 Å². The monoisotopic (exact) mass is 269 g/mol. The maximum atomic E-state index is 8.76. The summed E-state index contributed by atoms with van der Waals surface area (Å²) in [5, 5.41) is 14.2. The van der Waals surface area contributed by atoms with Crippen molar-refractivity contribution in [3.8, 4) is 6.07 Å². The highest BCUT2D eigenvalue weighted by Gasteiger charge is 2.20. The highest BCUT2D eigenvalue weighted by atomic mass is 32.1. The number of nitriles is 1. The van der Waals surface area contributed by atoms with Crippen LogP contribution in [0.4, 0.5) is 0 Å². The van der Waals surface area contributed by atoms with Gasteiger partial charge in [0.15, 0.2) is 11.5 Å². The first-order chi connectivity index (χ1) is 9.36. The molecule has 0 fully saturated rings. The molecule has 3 aromatic heterocycles. The average Bonchev–Trinajstić information content (AvgIpc) is 2.98. The number of aromatic nitrogens is 4. The fourth-order valence-electron chi connectivity index (χ4n) is 2.74. The van der Waals surface area contributed by atoms with Gasteiger partial charge in [0.25, 0.3) is 0 Å². The molecule has 4 rings (SSSR count). The third-order valence-corrected chi connectivity index (χ3v) is 4.77. The summed E-state index contributed by atoms with van der Waals surface area (Å²) in [5.74, 6) is 0.576. The van der Waals surface area contributed by atoms with Crippen molar-refractivity contribution in [1.29, 1.82) is 5.26 Å². The van der Waals surface area contributed by atoms with E-state index in [-0.39, 0.29) is 6.42 Å². The molecule has 0 amide bonds. The number of fused-ring (bicyclic) bond motifs is 5. The van der Waals surface area contributed by atoms with E-state index in [1.807, 2.05) is 0 Å². The first-order valence-corrected chi connectivity index (χ1v) is 7.20. The van der Waals surface area contributed by atoms with Gasteiger partial charge in [-0.1, -0.05) is 0 Å². The Morgan fingerprint density at radius 3 is 3.16 bits per heavy atom. The van der Waals surface area contributed by atoms with E-state index in [9.17, 15) is 0 Å². The molecule has 0 spiro atoms. The van der Waals surface area contributed by atoms with E-state index in [4.69, 9.17) is 5.26 Å². The Morgan fingerprint density at radius 1 is 1.37 bits per heavy atom. The maximum absolute atomic E-state index is 8.76. The normalized spacial score (nSPS) is 14.7. The maximum Gasteiger partial charge on any atom is 0.168 e. The van der Waals surface area contributed by atoms with Crippen molar-refractivity contribution in [2.24, 2.45) is 0 Å². The Labute approximate surface area is 113 Å². The molecule has 19 heavy (non-hydrogen) atoms. The van der Waals surface area contributed by atoms with Crippen molar-refractivity contribution >= 4 is 27.2 Å². The van der Waals surface area contributed by atoms with Crippen LogP contribution in [0.1, 0.15) is 29.1 Å². The van der Waals surface area contributed by atoms with Crippen LogP contribution in [0.25, 0.3) is 15.9 Å². The van der Waals surface area contributed by atoms with Gasteiger partial charge in [-0.05, 0) is 31.2 Å². The van der Waals surface area contributed by atoms with Crippen molar-refractivity contribution in [2.45, 2.75) is 32.1 Å². The molecule has 6 heteroatoms. The smallest absolute Gasteiger partial charge is 0.168 e. The lowest BCUT2D eigenvalue weighted by Gasteiger charge is -2.09. The summed E-state index contributed by atoms with van der Waals surface area (Å²) in [4.78, 5) is 11.5. The second kappa shape index (κ2) is 4.00. The Morgan fingerprint density at radius 2 is 2.26 bits per heavy atom. The Hall–Kier alpha value is -2.00. The summed E-state index contributed by atoms with van der Waals surface area (Å²) in [6.07, 6.45) is 6.71. The number of rotatable bonds is 1. The molecule has 0 unspecified atom stereocenters. The summed E-state index contributed by atoms with van der Waals surface area (Å²) in [7, 11) is 0. The minimum Gasteiger partial charge on any atom is -0.225 e. The van der Waals surface area contributed by atoms with Gasteiger partial charge in [-0.15, -0.1) is 16.4 Å².